The van der Waals surface area contributed by atoms with Gasteiger partial charge in [-0.15, -0.1) is 0 Å². The molecule has 1 saturated heterocycles. The molecule has 1 atom stereocenters. The fourth-order valence-corrected chi connectivity index (χ4v) is 3.22. The van der Waals surface area contributed by atoms with Crippen molar-refractivity contribution in [1.29, 1.82) is 0 Å². The van der Waals surface area contributed by atoms with E-state index >= 15 is 0 Å². The lowest BCUT2D eigenvalue weighted by Gasteiger charge is -2.22. The molecule has 1 N–H and O–H groups in total. The summed E-state index contributed by atoms with van der Waals surface area (Å²) >= 11 is 0. The van der Waals surface area contributed by atoms with Gasteiger partial charge in [-0.05, 0) is 50.2 Å². The number of carbonyl (C=O) groups is 3. The van der Waals surface area contributed by atoms with Crippen LogP contribution in [0.25, 0.3) is 0 Å². The Bertz CT molecular complexity index is 879. The standard InChI is InChI=1S/C21H23N3O3/c1-14-8-7-11-17(15(14)2)22-19(25)13-23(3)18-12-20(26)24(21(18)27)16-9-5-4-6-10-16/h4-11,18H,12-13H2,1-3H3,(H,22,25). The van der Waals surface area contributed by atoms with Gasteiger partial charge in [-0.1, -0.05) is 30.3 Å². The number of carbonyl (C=O) groups excluding carboxylic acids is 3. The zero-order valence-electron chi connectivity index (χ0n) is 15.7. The fraction of sp³-hybridized carbons (Fsp3) is 0.286. The maximum Gasteiger partial charge on any atom is 0.251 e. The molecular formula is C21H23N3O3. The van der Waals surface area contributed by atoms with Crippen molar-refractivity contribution in [3.05, 3.63) is 59.7 Å². The highest BCUT2D eigenvalue weighted by atomic mass is 16.2. The van der Waals surface area contributed by atoms with Crippen LogP contribution >= 0.6 is 0 Å². The third-order valence-electron chi connectivity index (χ3n) is 4.94. The van der Waals surface area contributed by atoms with Gasteiger partial charge in [0.2, 0.25) is 11.8 Å². The molecule has 1 heterocycles. The zero-order chi connectivity index (χ0) is 19.6. The smallest absolute Gasteiger partial charge is 0.251 e. The van der Waals surface area contributed by atoms with Crippen LogP contribution in [-0.4, -0.2) is 42.3 Å². The van der Waals surface area contributed by atoms with E-state index in [2.05, 4.69) is 5.32 Å². The van der Waals surface area contributed by atoms with Gasteiger partial charge in [0.1, 0.15) is 0 Å². The molecule has 1 unspecified atom stereocenters. The largest absolute Gasteiger partial charge is 0.325 e. The highest BCUT2D eigenvalue weighted by molar-refractivity contribution is 6.22. The van der Waals surface area contributed by atoms with Gasteiger partial charge in [0.05, 0.1) is 24.7 Å². The second-order valence-corrected chi connectivity index (χ2v) is 6.83. The number of nitrogens with zero attached hydrogens (tertiary/aromatic N) is 2. The average molecular weight is 365 g/mol. The number of imide groups is 1. The lowest BCUT2D eigenvalue weighted by atomic mass is 10.1. The van der Waals surface area contributed by atoms with Gasteiger partial charge in [0.15, 0.2) is 0 Å². The molecule has 0 saturated carbocycles. The first-order valence-corrected chi connectivity index (χ1v) is 8.86. The molecule has 6 heteroatoms. The highest BCUT2D eigenvalue weighted by Gasteiger charge is 2.41. The maximum atomic E-state index is 12.7. The SMILES string of the molecule is Cc1cccc(NC(=O)CN(C)C2CC(=O)N(c3ccccc3)C2=O)c1C. The van der Waals surface area contributed by atoms with E-state index in [0.29, 0.717) is 5.69 Å². The summed E-state index contributed by atoms with van der Waals surface area (Å²) < 4.78 is 0. The van der Waals surface area contributed by atoms with Crippen molar-refractivity contribution in [2.75, 3.05) is 23.8 Å². The zero-order valence-corrected chi connectivity index (χ0v) is 15.7. The quantitative estimate of drug-likeness (QED) is 0.827. The molecule has 27 heavy (non-hydrogen) atoms. The van der Waals surface area contributed by atoms with Crippen LogP contribution < -0.4 is 10.2 Å². The van der Waals surface area contributed by atoms with Gasteiger partial charge in [0.25, 0.3) is 5.91 Å². The van der Waals surface area contributed by atoms with Gasteiger partial charge in [-0.2, -0.15) is 0 Å². The minimum Gasteiger partial charge on any atom is -0.325 e. The number of amides is 3. The van der Waals surface area contributed by atoms with Crippen LogP contribution in [0.1, 0.15) is 17.5 Å². The Morgan fingerprint density at radius 3 is 2.52 bits per heavy atom. The Balaban J connectivity index is 1.67. The van der Waals surface area contributed by atoms with Gasteiger partial charge in [-0.3, -0.25) is 19.3 Å². The summed E-state index contributed by atoms with van der Waals surface area (Å²) in [5, 5.41) is 2.88. The number of aryl methyl sites for hydroxylation is 1. The van der Waals surface area contributed by atoms with Crippen LogP contribution in [0.2, 0.25) is 0 Å². The summed E-state index contributed by atoms with van der Waals surface area (Å²) in [6, 6.07) is 13.9. The molecule has 2 aromatic rings. The first-order valence-electron chi connectivity index (χ1n) is 8.86. The van der Waals surface area contributed by atoms with Crippen molar-refractivity contribution >= 4 is 29.1 Å². The number of nitrogens with one attached hydrogen (secondary N) is 1. The van der Waals surface area contributed by atoms with Crippen LogP contribution in [0.4, 0.5) is 11.4 Å². The number of hydrogen-bond acceptors (Lipinski definition) is 4. The number of likely N-dealkylation sites (N-methyl/N-ethyl adjacent to an activating group) is 1. The molecule has 0 bridgehead atoms. The number of rotatable bonds is 5. The minimum atomic E-state index is -0.637. The Morgan fingerprint density at radius 1 is 1.11 bits per heavy atom. The van der Waals surface area contributed by atoms with E-state index in [4.69, 9.17) is 0 Å². The molecule has 1 aliphatic rings. The Kier molecular flexibility index (Phi) is 5.37. The summed E-state index contributed by atoms with van der Waals surface area (Å²) in [4.78, 5) is 40.3. The molecule has 3 rings (SSSR count). The highest BCUT2D eigenvalue weighted by Crippen LogP contribution is 2.25. The summed E-state index contributed by atoms with van der Waals surface area (Å²) in [7, 11) is 1.69. The van der Waals surface area contributed by atoms with Crippen molar-refractivity contribution in [3.8, 4) is 0 Å². The van der Waals surface area contributed by atoms with Crippen molar-refractivity contribution in [2.24, 2.45) is 0 Å². The molecule has 1 aliphatic heterocycles. The van der Waals surface area contributed by atoms with E-state index in [1.165, 1.54) is 4.90 Å². The second kappa shape index (κ2) is 7.72. The minimum absolute atomic E-state index is 0.0275. The van der Waals surface area contributed by atoms with Crippen LogP contribution in [0.15, 0.2) is 48.5 Å². The summed E-state index contributed by atoms with van der Waals surface area (Å²) in [6.45, 7) is 3.96. The number of para-hydroxylation sites is 1. The van der Waals surface area contributed by atoms with Gasteiger partial charge >= 0.3 is 0 Å². The summed E-state index contributed by atoms with van der Waals surface area (Å²) in [6.07, 6.45) is 0.0704. The van der Waals surface area contributed by atoms with E-state index < -0.39 is 6.04 Å². The Labute approximate surface area is 158 Å². The normalized spacial score (nSPS) is 16.9. The summed E-state index contributed by atoms with van der Waals surface area (Å²) in [5.74, 6) is -0.768. The number of anilines is 2. The van der Waals surface area contributed by atoms with Crippen LogP contribution in [-0.2, 0) is 14.4 Å². The third kappa shape index (κ3) is 3.90. The molecule has 0 aliphatic carbocycles. The second-order valence-electron chi connectivity index (χ2n) is 6.83. The van der Waals surface area contributed by atoms with Gasteiger partial charge in [0, 0.05) is 5.69 Å². The third-order valence-corrected chi connectivity index (χ3v) is 4.94. The Hall–Kier alpha value is -2.99. The van der Waals surface area contributed by atoms with Crippen molar-refractivity contribution in [2.45, 2.75) is 26.3 Å². The van der Waals surface area contributed by atoms with Gasteiger partial charge < -0.3 is 5.32 Å². The first-order chi connectivity index (χ1) is 12.9. The summed E-state index contributed by atoms with van der Waals surface area (Å²) in [5.41, 5.74) is 3.42. The van der Waals surface area contributed by atoms with Crippen molar-refractivity contribution < 1.29 is 14.4 Å². The van der Waals surface area contributed by atoms with E-state index in [1.807, 2.05) is 38.1 Å². The molecule has 0 spiro atoms. The van der Waals surface area contributed by atoms with E-state index in [0.717, 1.165) is 16.8 Å². The lowest BCUT2D eigenvalue weighted by Crippen LogP contribution is -2.43. The molecule has 1 fully saturated rings. The van der Waals surface area contributed by atoms with Gasteiger partial charge in [-0.25, -0.2) is 4.90 Å². The molecule has 3 amide bonds. The van der Waals surface area contributed by atoms with Crippen LogP contribution in [0.3, 0.4) is 0 Å². The van der Waals surface area contributed by atoms with E-state index in [-0.39, 0.29) is 30.7 Å². The fourth-order valence-electron chi connectivity index (χ4n) is 3.22. The van der Waals surface area contributed by atoms with Crippen LogP contribution in [0, 0.1) is 13.8 Å². The lowest BCUT2D eigenvalue weighted by molar-refractivity contribution is -0.123. The molecule has 6 nitrogen and oxygen atoms in total. The molecular weight excluding hydrogens is 342 g/mol. The number of hydrogen-bond donors (Lipinski definition) is 1. The molecule has 0 aromatic heterocycles. The van der Waals surface area contributed by atoms with Crippen molar-refractivity contribution in [3.63, 3.8) is 0 Å². The first kappa shape index (κ1) is 18.8. The van der Waals surface area contributed by atoms with E-state index in [1.54, 1.807) is 36.2 Å². The average Bonchev–Trinajstić information content (AvgIpc) is 2.94. The predicted octanol–water partition coefficient (Wildman–Crippen LogP) is 2.51. The Morgan fingerprint density at radius 2 is 1.81 bits per heavy atom. The molecule has 0 radical (unpaired) electrons. The molecule has 140 valence electrons. The predicted molar refractivity (Wildman–Crippen MR) is 105 cm³/mol. The molecule has 2 aromatic carbocycles. The van der Waals surface area contributed by atoms with E-state index in [9.17, 15) is 14.4 Å². The monoisotopic (exact) mass is 365 g/mol. The van der Waals surface area contributed by atoms with Crippen LogP contribution in [0.5, 0.6) is 0 Å². The maximum absolute atomic E-state index is 12.7. The number of benzene rings is 2. The topological polar surface area (TPSA) is 69.7 Å². The van der Waals surface area contributed by atoms with Crippen molar-refractivity contribution in [1.82, 2.24) is 4.90 Å².